The van der Waals surface area contributed by atoms with Gasteiger partial charge in [0.05, 0.1) is 15.8 Å². The fourth-order valence-electron chi connectivity index (χ4n) is 2.43. The van der Waals surface area contributed by atoms with Crippen LogP contribution in [0.3, 0.4) is 0 Å². The van der Waals surface area contributed by atoms with Crippen molar-refractivity contribution in [2.75, 3.05) is 11.9 Å². The molecule has 0 saturated carbocycles. The van der Waals surface area contributed by atoms with Crippen molar-refractivity contribution in [1.82, 2.24) is 10.2 Å². The standard InChI is InChI=1S/C17H13N3O4S2/c1-9(26-17-20-19-16(24-17)13-3-2-6-25-13)15(22)10-4-5-12-11(7-10)18-14(21)8-23-12/h2-7,9H,8H2,1H3,(H,18,21). The van der Waals surface area contributed by atoms with Crippen LogP contribution in [0.1, 0.15) is 17.3 Å². The number of fused-ring (bicyclic) bond motifs is 1. The minimum absolute atomic E-state index is 0.0176. The van der Waals surface area contributed by atoms with E-state index in [-0.39, 0.29) is 18.3 Å². The number of aromatic nitrogens is 2. The molecule has 3 aromatic rings. The van der Waals surface area contributed by atoms with Crippen LogP contribution in [0.25, 0.3) is 10.8 Å². The summed E-state index contributed by atoms with van der Waals surface area (Å²) in [5.74, 6) is 0.653. The Kier molecular flexibility index (Phi) is 4.48. The van der Waals surface area contributed by atoms with Crippen LogP contribution in [0.4, 0.5) is 5.69 Å². The molecule has 1 aliphatic heterocycles. The Balaban J connectivity index is 1.48. The maximum Gasteiger partial charge on any atom is 0.277 e. The summed E-state index contributed by atoms with van der Waals surface area (Å²) < 4.78 is 10.9. The minimum atomic E-state index is -0.426. The summed E-state index contributed by atoms with van der Waals surface area (Å²) in [6.45, 7) is 1.76. The fourth-order valence-corrected chi connectivity index (χ4v) is 3.84. The second-order valence-electron chi connectivity index (χ2n) is 5.52. The Morgan fingerprint density at radius 1 is 1.35 bits per heavy atom. The molecule has 9 heteroatoms. The molecule has 0 aliphatic carbocycles. The van der Waals surface area contributed by atoms with E-state index in [1.54, 1.807) is 25.1 Å². The molecule has 0 saturated heterocycles. The van der Waals surface area contributed by atoms with Crippen molar-refractivity contribution in [3.63, 3.8) is 0 Å². The van der Waals surface area contributed by atoms with E-state index in [0.717, 1.165) is 4.88 Å². The van der Waals surface area contributed by atoms with Gasteiger partial charge in [-0.25, -0.2) is 0 Å². The van der Waals surface area contributed by atoms with Crippen LogP contribution in [0, 0.1) is 0 Å². The molecule has 132 valence electrons. The van der Waals surface area contributed by atoms with Gasteiger partial charge in [-0.1, -0.05) is 17.8 Å². The van der Waals surface area contributed by atoms with Crippen LogP contribution in [0.5, 0.6) is 5.75 Å². The Morgan fingerprint density at radius 3 is 3.04 bits per heavy atom. The second kappa shape index (κ2) is 6.93. The molecular weight excluding hydrogens is 374 g/mol. The number of ketones is 1. The van der Waals surface area contributed by atoms with Gasteiger partial charge in [0.25, 0.3) is 17.0 Å². The van der Waals surface area contributed by atoms with Crippen molar-refractivity contribution in [2.24, 2.45) is 0 Å². The highest BCUT2D eigenvalue weighted by atomic mass is 32.2. The predicted molar refractivity (Wildman–Crippen MR) is 97.8 cm³/mol. The van der Waals surface area contributed by atoms with E-state index in [0.29, 0.717) is 28.1 Å². The van der Waals surface area contributed by atoms with Gasteiger partial charge in [-0.05, 0) is 36.6 Å². The zero-order chi connectivity index (χ0) is 18.1. The van der Waals surface area contributed by atoms with E-state index in [2.05, 4.69) is 15.5 Å². The van der Waals surface area contributed by atoms with E-state index in [1.165, 1.54) is 23.1 Å². The number of anilines is 1. The number of hydrogen-bond donors (Lipinski definition) is 1. The quantitative estimate of drug-likeness (QED) is 0.529. The number of thioether (sulfide) groups is 1. The third-order valence-electron chi connectivity index (χ3n) is 3.68. The summed E-state index contributed by atoms with van der Waals surface area (Å²) in [5, 5.41) is 12.5. The summed E-state index contributed by atoms with van der Waals surface area (Å²) >= 11 is 2.70. The van der Waals surface area contributed by atoms with Gasteiger partial charge >= 0.3 is 0 Å². The van der Waals surface area contributed by atoms with Gasteiger partial charge in [-0.3, -0.25) is 9.59 Å². The molecule has 0 radical (unpaired) electrons. The molecule has 1 unspecified atom stereocenters. The SMILES string of the molecule is CC(Sc1nnc(-c2cccs2)o1)C(=O)c1ccc2c(c1)NC(=O)CO2. The molecular formula is C17H13N3O4S2. The first-order valence-electron chi connectivity index (χ1n) is 7.75. The molecule has 1 aliphatic rings. The van der Waals surface area contributed by atoms with Crippen LogP contribution < -0.4 is 10.1 Å². The first-order valence-corrected chi connectivity index (χ1v) is 9.51. The number of hydrogen-bond acceptors (Lipinski definition) is 8. The highest BCUT2D eigenvalue weighted by Gasteiger charge is 2.23. The number of amides is 1. The Labute approximate surface area is 156 Å². The Bertz CT molecular complexity index is 968. The largest absolute Gasteiger partial charge is 0.482 e. The highest BCUT2D eigenvalue weighted by Crippen LogP contribution is 2.32. The van der Waals surface area contributed by atoms with Crippen LogP contribution >= 0.6 is 23.1 Å². The molecule has 0 fully saturated rings. The van der Waals surface area contributed by atoms with E-state index in [9.17, 15) is 9.59 Å². The van der Waals surface area contributed by atoms with Gasteiger partial charge in [-0.2, -0.15) is 0 Å². The molecule has 1 amide bonds. The average Bonchev–Trinajstić information content (AvgIpc) is 3.31. The maximum atomic E-state index is 12.7. The van der Waals surface area contributed by atoms with Crippen LogP contribution in [-0.2, 0) is 4.79 Å². The van der Waals surface area contributed by atoms with Crippen molar-refractivity contribution in [3.8, 4) is 16.5 Å². The molecule has 26 heavy (non-hydrogen) atoms. The smallest absolute Gasteiger partial charge is 0.277 e. The number of rotatable bonds is 5. The number of Topliss-reactive ketones (excluding diaryl/α,β-unsaturated/α-hetero) is 1. The molecule has 3 heterocycles. The zero-order valence-electron chi connectivity index (χ0n) is 13.6. The lowest BCUT2D eigenvalue weighted by molar-refractivity contribution is -0.118. The molecule has 0 bridgehead atoms. The highest BCUT2D eigenvalue weighted by molar-refractivity contribution is 8.00. The molecule has 1 atom stereocenters. The van der Waals surface area contributed by atoms with E-state index in [4.69, 9.17) is 9.15 Å². The van der Waals surface area contributed by atoms with Crippen molar-refractivity contribution in [3.05, 3.63) is 41.3 Å². The molecule has 7 nitrogen and oxygen atoms in total. The molecule has 1 N–H and O–H groups in total. The van der Waals surface area contributed by atoms with E-state index >= 15 is 0 Å². The topological polar surface area (TPSA) is 94.3 Å². The predicted octanol–water partition coefficient (Wildman–Crippen LogP) is 3.49. The summed E-state index contributed by atoms with van der Waals surface area (Å²) in [6, 6.07) is 8.78. The number of nitrogens with zero attached hydrogens (tertiary/aromatic N) is 2. The summed E-state index contributed by atoms with van der Waals surface area (Å²) in [7, 11) is 0. The third-order valence-corrected chi connectivity index (χ3v) is 5.47. The van der Waals surface area contributed by atoms with Gasteiger partial charge in [0.15, 0.2) is 12.4 Å². The van der Waals surface area contributed by atoms with E-state index in [1.807, 2.05) is 17.5 Å². The average molecular weight is 387 g/mol. The monoisotopic (exact) mass is 387 g/mol. The second-order valence-corrected chi connectivity index (χ2v) is 7.76. The molecule has 2 aromatic heterocycles. The van der Waals surface area contributed by atoms with Crippen LogP contribution in [0.15, 0.2) is 45.4 Å². The number of thiophene rings is 1. The number of ether oxygens (including phenoxy) is 1. The van der Waals surface area contributed by atoms with Crippen molar-refractivity contribution >= 4 is 40.5 Å². The first kappa shape index (κ1) is 16.8. The van der Waals surface area contributed by atoms with Gasteiger partial charge in [0.2, 0.25) is 0 Å². The molecule has 1 aromatic carbocycles. The van der Waals surface area contributed by atoms with Crippen LogP contribution in [-0.4, -0.2) is 33.7 Å². The normalized spacial score (nSPS) is 14.3. The number of nitrogens with one attached hydrogen (secondary N) is 1. The van der Waals surface area contributed by atoms with Gasteiger partial charge in [0, 0.05) is 5.56 Å². The van der Waals surface area contributed by atoms with E-state index < -0.39 is 5.25 Å². The summed E-state index contributed by atoms with van der Waals surface area (Å²) in [6.07, 6.45) is 0. The molecule has 4 rings (SSSR count). The number of carbonyl (C=O) groups excluding carboxylic acids is 2. The first-order chi connectivity index (χ1) is 12.6. The van der Waals surface area contributed by atoms with Gasteiger partial charge in [-0.15, -0.1) is 21.5 Å². The maximum absolute atomic E-state index is 12.7. The lowest BCUT2D eigenvalue weighted by atomic mass is 10.1. The van der Waals surface area contributed by atoms with Crippen LogP contribution in [0.2, 0.25) is 0 Å². The Hall–Kier alpha value is -2.65. The molecule has 0 spiro atoms. The lowest BCUT2D eigenvalue weighted by Gasteiger charge is -2.18. The number of carbonyl (C=O) groups is 2. The zero-order valence-corrected chi connectivity index (χ0v) is 15.2. The Morgan fingerprint density at radius 2 is 2.23 bits per heavy atom. The minimum Gasteiger partial charge on any atom is -0.482 e. The van der Waals surface area contributed by atoms with Crippen molar-refractivity contribution < 1.29 is 18.7 Å². The fraction of sp³-hybridized carbons (Fsp3) is 0.176. The summed E-state index contributed by atoms with van der Waals surface area (Å²) in [4.78, 5) is 25.0. The van der Waals surface area contributed by atoms with Gasteiger partial charge < -0.3 is 14.5 Å². The summed E-state index contributed by atoms with van der Waals surface area (Å²) in [5.41, 5.74) is 0.981. The van der Waals surface area contributed by atoms with Crippen molar-refractivity contribution in [2.45, 2.75) is 17.4 Å². The lowest BCUT2D eigenvalue weighted by Crippen LogP contribution is -2.25. The van der Waals surface area contributed by atoms with Crippen molar-refractivity contribution in [1.29, 1.82) is 0 Å². The number of benzene rings is 1. The van der Waals surface area contributed by atoms with Gasteiger partial charge in [0.1, 0.15) is 5.75 Å². The third kappa shape index (κ3) is 3.35.